The summed E-state index contributed by atoms with van der Waals surface area (Å²) in [5.74, 6) is 1.69. The van der Waals surface area contributed by atoms with Gasteiger partial charge in [-0.1, -0.05) is 20.3 Å². The van der Waals surface area contributed by atoms with Crippen molar-refractivity contribution in [3.63, 3.8) is 0 Å². The Kier molecular flexibility index (Phi) is 4.21. The molecule has 1 heterocycles. The molecule has 1 aromatic rings. The average Bonchev–Trinajstić information content (AvgIpc) is 2.54. The minimum Gasteiger partial charge on any atom is -0.469 e. The Bertz CT molecular complexity index is 267. The van der Waals surface area contributed by atoms with Gasteiger partial charge in [-0.3, -0.25) is 0 Å². The van der Waals surface area contributed by atoms with E-state index in [0.29, 0.717) is 12.0 Å². The van der Waals surface area contributed by atoms with Crippen molar-refractivity contribution in [3.05, 3.63) is 23.7 Å². The van der Waals surface area contributed by atoms with Crippen LogP contribution in [0.15, 0.2) is 16.7 Å². The molecule has 0 aliphatic carbocycles. The Morgan fingerprint density at radius 1 is 1.50 bits per heavy atom. The first kappa shape index (κ1) is 11.3. The lowest BCUT2D eigenvalue weighted by molar-refractivity contribution is 0.377. The van der Waals surface area contributed by atoms with Gasteiger partial charge in [-0.05, 0) is 32.4 Å². The largest absolute Gasteiger partial charge is 0.469 e. The van der Waals surface area contributed by atoms with Gasteiger partial charge in [0, 0.05) is 11.6 Å². The van der Waals surface area contributed by atoms with Crippen LogP contribution >= 0.6 is 0 Å². The number of hydrogen-bond acceptors (Lipinski definition) is 2. The summed E-state index contributed by atoms with van der Waals surface area (Å²) in [6, 6.07) is 2.50. The molecule has 0 saturated heterocycles. The van der Waals surface area contributed by atoms with Crippen LogP contribution in [0.2, 0.25) is 0 Å². The lowest BCUT2D eigenvalue weighted by Crippen LogP contribution is -2.23. The second-order valence-electron chi connectivity index (χ2n) is 3.96. The lowest BCUT2D eigenvalue weighted by Gasteiger charge is -2.22. The molecule has 0 bridgehead atoms. The second-order valence-corrected chi connectivity index (χ2v) is 3.96. The molecule has 0 aliphatic heterocycles. The third-order valence-corrected chi connectivity index (χ3v) is 2.86. The Morgan fingerprint density at radius 2 is 2.21 bits per heavy atom. The molecule has 1 aromatic heterocycles. The first-order valence-corrected chi connectivity index (χ1v) is 5.42. The van der Waals surface area contributed by atoms with Gasteiger partial charge in [-0.15, -0.1) is 0 Å². The molecule has 14 heavy (non-hydrogen) atoms. The molecule has 1 rings (SSSR count). The molecular formula is C12H21NO. The van der Waals surface area contributed by atoms with Gasteiger partial charge < -0.3 is 9.73 Å². The van der Waals surface area contributed by atoms with Crippen molar-refractivity contribution in [3.8, 4) is 0 Å². The summed E-state index contributed by atoms with van der Waals surface area (Å²) >= 11 is 0. The smallest absolute Gasteiger partial charge is 0.105 e. The average molecular weight is 195 g/mol. The van der Waals surface area contributed by atoms with Gasteiger partial charge in [0.25, 0.3) is 0 Å². The highest BCUT2D eigenvalue weighted by atomic mass is 16.3. The highest BCUT2D eigenvalue weighted by Gasteiger charge is 2.19. The Balaban J connectivity index is 2.76. The van der Waals surface area contributed by atoms with Crippen LogP contribution in [-0.4, -0.2) is 7.05 Å². The van der Waals surface area contributed by atoms with Crippen molar-refractivity contribution in [2.75, 3.05) is 7.05 Å². The van der Waals surface area contributed by atoms with E-state index in [4.69, 9.17) is 4.42 Å². The molecule has 1 N–H and O–H groups in total. The highest BCUT2D eigenvalue weighted by molar-refractivity contribution is 5.20. The van der Waals surface area contributed by atoms with Crippen LogP contribution in [0.4, 0.5) is 0 Å². The van der Waals surface area contributed by atoms with E-state index in [1.807, 2.05) is 14.0 Å². The summed E-state index contributed by atoms with van der Waals surface area (Å²) in [5, 5.41) is 3.37. The van der Waals surface area contributed by atoms with E-state index in [2.05, 4.69) is 25.2 Å². The van der Waals surface area contributed by atoms with Crippen LogP contribution in [-0.2, 0) is 0 Å². The van der Waals surface area contributed by atoms with Gasteiger partial charge in [0.2, 0.25) is 0 Å². The molecule has 0 fully saturated rings. The third-order valence-electron chi connectivity index (χ3n) is 2.86. The van der Waals surface area contributed by atoms with E-state index in [-0.39, 0.29) is 0 Å². The monoisotopic (exact) mass is 195 g/mol. The van der Waals surface area contributed by atoms with Crippen LogP contribution in [0, 0.1) is 12.8 Å². The van der Waals surface area contributed by atoms with Crippen molar-refractivity contribution >= 4 is 0 Å². The number of rotatable bonds is 5. The summed E-state index contributed by atoms with van der Waals surface area (Å²) in [6.07, 6.45) is 4.25. The molecule has 0 aromatic carbocycles. The minimum absolute atomic E-state index is 0.425. The van der Waals surface area contributed by atoms with Crippen molar-refractivity contribution in [2.45, 2.75) is 39.7 Å². The SMILES string of the molecule is CCCC(C)C(NC)c1ccoc1C. The van der Waals surface area contributed by atoms with Crippen LogP contribution in [0.5, 0.6) is 0 Å². The Morgan fingerprint density at radius 3 is 2.64 bits per heavy atom. The zero-order valence-electron chi connectivity index (χ0n) is 9.63. The van der Waals surface area contributed by atoms with Crippen molar-refractivity contribution in [2.24, 2.45) is 5.92 Å². The summed E-state index contributed by atoms with van der Waals surface area (Å²) in [5.41, 5.74) is 1.30. The van der Waals surface area contributed by atoms with E-state index < -0.39 is 0 Å². The number of nitrogens with one attached hydrogen (secondary N) is 1. The van der Waals surface area contributed by atoms with Gasteiger partial charge in [0.05, 0.1) is 6.26 Å². The summed E-state index contributed by atoms with van der Waals surface area (Å²) in [4.78, 5) is 0. The van der Waals surface area contributed by atoms with Gasteiger partial charge in [0.15, 0.2) is 0 Å². The van der Waals surface area contributed by atoms with Gasteiger partial charge >= 0.3 is 0 Å². The van der Waals surface area contributed by atoms with E-state index in [1.165, 1.54) is 18.4 Å². The molecule has 2 nitrogen and oxygen atoms in total. The molecule has 0 saturated carbocycles. The van der Waals surface area contributed by atoms with Gasteiger partial charge in [-0.25, -0.2) is 0 Å². The molecule has 2 atom stereocenters. The highest BCUT2D eigenvalue weighted by Crippen LogP contribution is 2.27. The third kappa shape index (κ3) is 2.38. The van der Waals surface area contributed by atoms with Gasteiger partial charge in [0.1, 0.15) is 5.76 Å². The van der Waals surface area contributed by atoms with Crippen LogP contribution in [0.1, 0.15) is 44.1 Å². The maximum atomic E-state index is 5.34. The quantitative estimate of drug-likeness (QED) is 0.780. The van der Waals surface area contributed by atoms with Crippen molar-refractivity contribution in [1.29, 1.82) is 0 Å². The van der Waals surface area contributed by atoms with Crippen LogP contribution < -0.4 is 5.32 Å². The zero-order chi connectivity index (χ0) is 10.6. The molecule has 2 unspecified atom stereocenters. The summed E-state index contributed by atoms with van der Waals surface area (Å²) < 4.78 is 5.34. The van der Waals surface area contributed by atoms with E-state index in [0.717, 1.165) is 5.76 Å². The minimum atomic E-state index is 0.425. The van der Waals surface area contributed by atoms with Crippen LogP contribution in [0.3, 0.4) is 0 Å². The molecule has 2 heteroatoms. The fraction of sp³-hybridized carbons (Fsp3) is 0.667. The summed E-state index contributed by atoms with van der Waals surface area (Å²) in [6.45, 7) is 6.54. The molecule has 0 amide bonds. The fourth-order valence-electron chi connectivity index (χ4n) is 2.09. The predicted molar refractivity (Wildman–Crippen MR) is 59.3 cm³/mol. The molecule has 0 radical (unpaired) electrons. The first-order valence-electron chi connectivity index (χ1n) is 5.42. The maximum Gasteiger partial charge on any atom is 0.105 e. The summed E-state index contributed by atoms with van der Waals surface area (Å²) in [7, 11) is 2.02. The van der Waals surface area contributed by atoms with Crippen molar-refractivity contribution < 1.29 is 4.42 Å². The predicted octanol–water partition coefficient (Wildman–Crippen LogP) is 3.28. The molecule has 0 spiro atoms. The Hall–Kier alpha value is -0.760. The number of furan rings is 1. The Labute approximate surface area is 86.7 Å². The normalized spacial score (nSPS) is 15.4. The topological polar surface area (TPSA) is 25.2 Å². The standard InChI is InChI=1S/C12H21NO/c1-5-6-9(2)12(13-4)11-7-8-14-10(11)3/h7-9,12-13H,5-6H2,1-4H3. The van der Waals surface area contributed by atoms with Gasteiger partial charge in [-0.2, -0.15) is 0 Å². The van der Waals surface area contributed by atoms with E-state index >= 15 is 0 Å². The lowest BCUT2D eigenvalue weighted by atomic mass is 9.91. The van der Waals surface area contributed by atoms with Crippen molar-refractivity contribution in [1.82, 2.24) is 5.32 Å². The maximum absolute atomic E-state index is 5.34. The molecule has 0 aliphatic rings. The van der Waals surface area contributed by atoms with Crippen LogP contribution in [0.25, 0.3) is 0 Å². The molecule has 80 valence electrons. The fourth-order valence-corrected chi connectivity index (χ4v) is 2.09. The zero-order valence-corrected chi connectivity index (χ0v) is 9.63. The number of hydrogen-bond donors (Lipinski definition) is 1. The van der Waals surface area contributed by atoms with E-state index in [9.17, 15) is 0 Å². The second kappa shape index (κ2) is 5.20. The van der Waals surface area contributed by atoms with E-state index in [1.54, 1.807) is 6.26 Å². The first-order chi connectivity index (χ1) is 6.70. The number of aryl methyl sites for hydroxylation is 1. The molecular weight excluding hydrogens is 174 g/mol.